The number of anilines is 1. The van der Waals surface area contributed by atoms with Gasteiger partial charge in [0.05, 0.1) is 6.61 Å². The normalized spacial score (nSPS) is 26.3. The van der Waals surface area contributed by atoms with E-state index in [9.17, 15) is 0 Å². The van der Waals surface area contributed by atoms with E-state index in [-0.39, 0.29) is 0 Å². The van der Waals surface area contributed by atoms with Crippen molar-refractivity contribution in [3.05, 3.63) is 11.9 Å². The monoisotopic (exact) mass is 276 g/mol. The predicted octanol–water partition coefficient (Wildman–Crippen LogP) is 2.22. The lowest BCUT2D eigenvalue weighted by molar-refractivity contribution is 0.188. The van der Waals surface area contributed by atoms with E-state index in [1.165, 1.54) is 38.8 Å². The Kier molecular flexibility index (Phi) is 4.05. The highest BCUT2D eigenvalue weighted by Gasteiger charge is 2.31. The Bertz CT molecular complexity index is 465. The molecule has 1 aromatic heterocycles. The van der Waals surface area contributed by atoms with Gasteiger partial charge in [-0.3, -0.25) is 0 Å². The zero-order chi connectivity index (χ0) is 13.9. The van der Waals surface area contributed by atoms with Gasteiger partial charge in [-0.15, -0.1) is 0 Å². The topological polar surface area (TPSA) is 50.3 Å². The molecule has 5 nitrogen and oxygen atoms in total. The second-order valence-corrected chi connectivity index (χ2v) is 5.77. The molecule has 3 heterocycles. The number of nitrogens with one attached hydrogen (secondary N) is 1. The summed E-state index contributed by atoms with van der Waals surface area (Å²) >= 11 is 0. The van der Waals surface area contributed by atoms with Gasteiger partial charge >= 0.3 is 0 Å². The molecule has 2 saturated heterocycles. The Morgan fingerprint density at radius 2 is 2.25 bits per heavy atom. The van der Waals surface area contributed by atoms with E-state index in [0.717, 1.165) is 17.7 Å². The summed E-state index contributed by atoms with van der Waals surface area (Å²) in [6, 6.07) is 3.21. The van der Waals surface area contributed by atoms with Gasteiger partial charge in [0, 0.05) is 24.7 Å². The number of piperidine rings is 1. The molecule has 5 heteroatoms. The average Bonchev–Trinajstić information content (AvgIpc) is 2.85. The first-order valence-corrected chi connectivity index (χ1v) is 7.73. The first kappa shape index (κ1) is 13.6. The third-order valence-electron chi connectivity index (χ3n) is 4.28. The van der Waals surface area contributed by atoms with Crippen LogP contribution in [0.25, 0.3) is 0 Å². The highest BCUT2D eigenvalue weighted by Crippen LogP contribution is 2.28. The summed E-state index contributed by atoms with van der Waals surface area (Å²) in [6.45, 7) is 7.02. The molecule has 2 aliphatic rings. The maximum atomic E-state index is 5.49. The lowest BCUT2D eigenvalue weighted by atomic mass is 9.97. The van der Waals surface area contributed by atoms with Crippen LogP contribution in [-0.4, -0.2) is 46.6 Å². The van der Waals surface area contributed by atoms with Crippen molar-refractivity contribution >= 4 is 5.82 Å². The fraction of sp³-hybridized carbons (Fsp3) is 0.733. The molecule has 110 valence electrons. The van der Waals surface area contributed by atoms with Crippen molar-refractivity contribution in [3.8, 4) is 5.88 Å². The van der Waals surface area contributed by atoms with E-state index < -0.39 is 0 Å². The number of nitrogens with zero attached hydrogens (tertiary/aromatic N) is 3. The third kappa shape index (κ3) is 3.03. The van der Waals surface area contributed by atoms with Crippen molar-refractivity contribution in [1.82, 2.24) is 14.9 Å². The minimum atomic E-state index is 0.526. The van der Waals surface area contributed by atoms with E-state index >= 15 is 0 Å². The van der Waals surface area contributed by atoms with Crippen LogP contribution in [0.5, 0.6) is 5.88 Å². The fourth-order valence-corrected chi connectivity index (χ4v) is 3.40. The van der Waals surface area contributed by atoms with Gasteiger partial charge < -0.3 is 15.0 Å². The second kappa shape index (κ2) is 5.95. The summed E-state index contributed by atoms with van der Waals surface area (Å²) in [7, 11) is 0. The lowest BCUT2D eigenvalue weighted by Gasteiger charge is -2.35. The summed E-state index contributed by atoms with van der Waals surface area (Å²) in [6.07, 6.45) is 5.14. The van der Waals surface area contributed by atoms with Gasteiger partial charge in [0.1, 0.15) is 11.6 Å². The maximum absolute atomic E-state index is 5.49. The maximum Gasteiger partial charge on any atom is 0.218 e. The molecule has 0 aromatic carbocycles. The summed E-state index contributed by atoms with van der Waals surface area (Å²) in [5.74, 6) is 2.33. The molecule has 1 aromatic rings. The smallest absolute Gasteiger partial charge is 0.218 e. The standard InChI is InChI=1S/C15H24N4O/c1-3-20-15-10-14(16-11(2)17-15)18-12-6-8-19-7-4-5-13(19)9-12/h10,12-13H,3-9H2,1-2H3,(H,16,17,18). The molecule has 0 amide bonds. The van der Waals surface area contributed by atoms with Crippen LogP contribution in [0.4, 0.5) is 5.82 Å². The largest absolute Gasteiger partial charge is 0.478 e. The summed E-state index contributed by atoms with van der Waals surface area (Å²) in [4.78, 5) is 11.4. The Balaban J connectivity index is 1.65. The summed E-state index contributed by atoms with van der Waals surface area (Å²) in [5, 5.41) is 3.58. The van der Waals surface area contributed by atoms with Gasteiger partial charge in [-0.1, -0.05) is 0 Å². The number of rotatable bonds is 4. The van der Waals surface area contributed by atoms with Gasteiger partial charge in [-0.25, -0.2) is 4.98 Å². The number of hydrogen-bond donors (Lipinski definition) is 1. The van der Waals surface area contributed by atoms with E-state index in [1.807, 2.05) is 19.9 Å². The van der Waals surface area contributed by atoms with Gasteiger partial charge in [0.15, 0.2) is 0 Å². The van der Waals surface area contributed by atoms with Crippen LogP contribution in [0, 0.1) is 6.92 Å². The number of ether oxygens (including phenoxy) is 1. The lowest BCUT2D eigenvalue weighted by Crippen LogP contribution is -2.42. The van der Waals surface area contributed by atoms with Gasteiger partial charge in [-0.05, 0) is 46.1 Å². The minimum Gasteiger partial charge on any atom is -0.478 e. The van der Waals surface area contributed by atoms with Gasteiger partial charge in [0.25, 0.3) is 0 Å². The van der Waals surface area contributed by atoms with Crippen molar-refractivity contribution in [1.29, 1.82) is 0 Å². The summed E-state index contributed by atoms with van der Waals surface area (Å²) < 4.78 is 5.49. The van der Waals surface area contributed by atoms with Crippen molar-refractivity contribution in [2.45, 2.75) is 51.6 Å². The molecule has 20 heavy (non-hydrogen) atoms. The quantitative estimate of drug-likeness (QED) is 0.914. The molecular weight excluding hydrogens is 252 g/mol. The third-order valence-corrected chi connectivity index (χ3v) is 4.28. The molecule has 0 bridgehead atoms. The first-order chi connectivity index (χ1) is 9.74. The van der Waals surface area contributed by atoms with Crippen LogP contribution in [0.3, 0.4) is 0 Å². The zero-order valence-electron chi connectivity index (χ0n) is 12.4. The Hall–Kier alpha value is -1.36. The minimum absolute atomic E-state index is 0.526. The molecule has 2 aliphatic heterocycles. The number of hydrogen-bond acceptors (Lipinski definition) is 5. The molecule has 0 spiro atoms. The van der Waals surface area contributed by atoms with Crippen LogP contribution in [0.15, 0.2) is 6.07 Å². The van der Waals surface area contributed by atoms with E-state index in [2.05, 4.69) is 20.2 Å². The van der Waals surface area contributed by atoms with Crippen molar-refractivity contribution < 1.29 is 4.74 Å². The SMILES string of the molecule is CCOc1cc(NC2CCN3CCCC3C2)nc(C)n1. The molecule has 2 unspecified atom stereocenters. The number of fused-ring (bicyclic) bond motifs is 1. The highest BCUT2D eigenvalue weighted by atomic mass is 16.5. The molecule has 0 saturated carbocycles. The fourth-order valence-electron chi connectivity index (χ4n) is 3.40. The van der Waals surface area contributed by atoms with Crippen LogP contribution in [0.1, 0.15) is 38.4 Å². The van der Waals surface area contributed by atoms with E-state index in [1.54, 1.807) is 0 Å². The van der Waals surface area contributed by atoms with Crippen LogP contribution < -0.4 is 10.1 Å². The Morgan fingerprint density at radius 3 is 3.10 bits per heavy atom. The predicted molar refractivity (Wildman–Crippen MR) is 79.2 cm³/mol. The number of aromatic nitrogens is 2. The average molecular weight is 276 g/mol. The molecule has 0 radical (unpaired) electrons. The van der Waals surface area contributed by atoms with E-state index in [4.69, 9.17) is 4.74 Å². The molecular formula is C15H24N4O. The molecule has 1 N–H and O–H groups in total. The van der Waals surface area contributed by atoms with Gasteiger partial charge in [0.2, 0.25) is 5.88 Å². The van der Waals surface area contributed by atoms with Crippen LogP contribution in [-0.2, 0) is 0 Å². The molecule has 0 aliphatic carbocycles. The molecule has 2 atom stereocenters. The highest BCUT2D eigenvalue weighted by molar-refractivity contribution is 5.39. The molecule has 3 rings (SSSR count). The number of aryl methyl sites for hydroxylation is 1. The van der Waals surface area contributed by atoms with Crippen molar-refractivity contribution in [2.24, 2.45) is 0 Å². The van der Waals surface area contributed by atoms with E-state index in [0.29, 0.717) is 18.5 Å². The zero-order valence-corrected chi connectivity index (χ0v) is 12.4. The van der Waals surface area contributed by atoms with Crippen molar-refractivity contribution in [2.75, 3.05) is 25.0 Å². The Morgan fingerprint density at radius 1 is 1.35 bits per heavy atom. The second-order valence-electron chi connectivity index (χ2n) is 5.77. The van der Waals surface area contributed by atoms with Crippen molar-refractivity contribution in [3.63, 3.8) is 0 Å². The molecule has 2 fully saturated rings. The van der Waals surface area contributed by atoms with Crippen LogP contribution >= 0.6 is 0 Å². The van der Waals surface area contributed by atoms with Crippen LogP contribution in [0.2, 0.25) is 0 Å². The van der Waals surface area contributed by atoms with Gasteiger partial charge in [-0.2, -0.15) is 4.98 Å². The Labute approximate surface area is 120 Å². The summed E-state index contributed by atoms with van der Waals surface area (Å²) in [5.41, 5.74) is 0. The first-order valence-electron chi connectivity index (χ1n) is 7.73.